The molecule has 0 saturated heterocycles. The van der Waals surface area contributed by atoms with Gasteiger partial charge in [-0.1, -0.05) is 37.3 Å². The topological polar surface area (TPSA) is 28.7 Å². The van der Waals surface area contributed by atoms with E-state index in [0.29, 0.717) is 4.64 Å². The zero-order valence-corrected chi connectivity index (χ0v) is 11.2. The quantitative estimate of drug-likeness (QED) is 0.809. The summed E-state index contributed by atoms with van der Waals surface area (Å²) in [4.78, 5) is 7.57. The van der Waals surface area contributed by atoms with Crippen LogP contribution in [0, 0.1) is 18.5 Å². The Morgan fingerprint density at radius 1 is 1.29 bits per heavy atom. The molecule has 0 bridgehead atoms. The Morgan fingerprint density at radius 2 is 2.06 bits per heavy atom. The summed E-state index contributed by atoms with van der Waals surface area (Å²) in [6.07, 6.45) is 1.04. The van der Waals surface area contributed by atoms with Gasteiger partial charge < -0.3 is 4.98 Å². The maximum atomic E-state index is 5.26. The molecule has 1 heterocycles. The Balaban J connectivity index is 2.63. The smallest absolute Gasteiger partial charge is 0.133 e. The number of hydrogen-bond acceptors (Lipinski definition) is 2. The van der Waals surface area contributed by atoms with Gasteiger partial charge in [-0.25, -0.2) is 4.98 Å². The van der Waals surface area contributed by atoms with Gasteiger partial charge in [0.2, 0.25) is 0 Å². The maximum Gasteiger partial charge on any atom is 0.133 e. The van der Waals surface area contributed by atoms with Crippen molar-refractivity contribution in [2.45, 2.75) is 27.2 Å². The molecule has 2 aromatic rings. The van der Waals surface area contributed by atoms with Gasteiger partial charge in [-0.15, -0.1) is 0 Å². The number of nitrogens with zero attached hydrogens (tertiary/aromatic N) is 1. The molecule has 0 atom stereocenters. The first kappa shape index (κ1) is 12.0. The predicted octanol–water partition coefficient (Wildman–Crippen LogP) is 3.99. The van der Waals surface area contributed by atoms with Gasteiger partial charge in [0.05, 0.1) is 5.69 Å². The largest absolute Gasteiger partial charge is 0.343 e. The van der Waals surface area contributed by atoms with E-state index < -0.39 is 0 Å². The molecular formula is C14H16N2S. The molecule has 0 spiro atoms. The monoisotopic (exact) mass is 244 g/mol. The van der Waals surface area contributed by atoms with Gasteiger partial charge in [0.1, 0.15) is 10.5 Å². The van der Waals surface area contributed by atoms with Gasteiger partial charge in [-0.3, -0.25) is 0 Å². The fourth-order valence-corrected chi connectivity index (χ4v) is 2.12. The van der Waals surface area contributed by atoms with E-state index >= 15 is 0 Å². The number of benzene rings is 1. The van der Waals surface area contributed by atoms with Crippen LogP contribution in [-0.4, -0.2) is 9.97 Å². The van der Waals surface area contributed by atoms with Crippen molar-refractivity contribution in [3.05, 3.63) is 45.9 Å². The Morgan fingerprint density at radius 3 is 2.76 bits per heavy atom. The second-order valence-corrected chi connectivity index (χ2v) is 4.57. The van der Waals surface area contributed by atoms with Crippen LogP contribution < -0.4 is 0 Å². The van der Waals surface area contributed by atoms with Crippen LogP contribution in [0.15, 0.2) is 24.3 Å². The summed E-state index contributed by atoms with van der Waals surface area (Å²) in [6, 6.07) is 8.53. The molecule has 0 saturated carbocycles. The average Bonchev–Trinajstić information content (AvgIpc) is 2.34. The third-order valence-corrected chi connectivity index (χ3v) is 3.29. The first-order chi connectivity index (χ1) is 8.11. The van der Waals surface area contributed by atoms with E-state index in [2.05, 4.69) is 41.2 Å². The van der Waals surface area contributed by atoms with Crippen molar-refractivity contribution in [3.8, 4) is 11.3 Å². The Kier molecular flexibility index (Phi) is 3.38. The fourth-order valence-electron chi connectivity index (χ4n) is 1.88. The van der Waals surface area contributed by atoms with E-state index in [1.54, 1.807) is 0 Å². The van der Waals surface area contributed by atoms with Crippen LogP contribution in [0.25, 0.3) is 11.3 Å². The van der Waals surface area contributed by atoms with E-state index in [-0.39, 0.29) is 0 Å². The highest BCUT2D eigenvalue weighted by Crippen LogP contribution is 2.22. The molecule has 1 aromatic heterocycles. The lowest BCUT2D eigenvalue weighted by Crippen LogP contribution is -1.96. The molecule has 0 aliphatic rings. The molecule has 1 N–H and O–H groups in total. The lowest BCUT2D eigenvalue weighted by Gasteiger charge is -2.09. The zero-order valence-electron chi connectivity index (χ0n) is 10.4. The molecule has 17 heavy (non-hydrogen) atoms. The Labute approximate surface area is 107 Å². The predicted molar refractivity (Wildman–Crippen MR) is 73.7 cm³/mol. The Hall–Kier alpha value is -1.48. The van der Waals surface area contributed by atoms with Crippen LogP contribution in [-0.2, 0) is 6.42 Å². The van der Waals surface area contributed by atoms with E-state index in [1.165, 1.54) is 11.1 Å². The lowest BCUT2D eigenvalue weighted by molar-refractivity contribution is 1.02. The molecule has 0 unspecified atom stereocenters. The molecule has 0 aliphatic heterocycles. The normalized spacial score (nSPS) is 10.5. The van der Waals surface area contributed by atoms with Crippen molar-refractivity contribution >= 4 is 12.2 Å². The van der Waals surface area contributed by atoms with Crippen LogP contribution in [0.3, 0.4) is 0 Å². The molecule has 0 fully saturated rings. The molecular weight excluding hydrogens is 228 g/mol. The summed E-state index contributed by atoms with van der Waals surface area (Å²) in [6.45, 7) is 6.10. The second-order valence-electron chi connectivity index (χ2n) is 4.18. The van der Waals surface area contributed by atoms with Gasteiger partial charge in [0.15, 0.2) is 0 Å². The number of aromatic nitrogens is 2. The number of rotatable bonds is 2. The third-order valence-electron chi connectivity index (χ3n) is 2.89. The lowest BCUT2D eigenvalue weighted by atomic mass is 10.0. The summed E-state index contributed by atoms with van der Waals surface area (Å²) < 4.78 is 0.679. The summed E-state index contributed by atoms with van der Waals surface area (Å²) >= 11 is 5.26. The molecule has 2 rings (SSSR count). The van der Waals surface area contributed by atoms with Crippen molar-refractivity contribution in [3.63, 3.8) is 0 Å². The van der Waals surface area contributed by atoms with Crippen LogP contribution in [0.1, 0.15) is 23.9 Å². The van der Waals surface area contributed by atoms with Crippen molar-refractivity contribution < 1.29 is 0 Å². The van der Waals surface area contributed by atoms with Crippen LogP contribution in [0.2, 0.25) is 0 Å². The molecule has 2 nitrogen and oxygen atoms in total. The fraction of sp³-hybridized carbons (Fsp3) is 0.286. The van der Waals surface area contributed by atoms with Crippen LogP contribution in [0.4, 0.5) is 0 Å². The number of nitrogens with one attached hydrogen (secondary N) is 1. The second kappa shape index (κ2) is 4.80. The summed E-state index contributed by atoms with van der Waals surface area (Å²) in [5.41, 5.74) is 4.63. The molecule has 3 heteroatoms. The number of H-pyrrole nitrogens is 1. The molecule has 1 aromatic carbocycles. The van der Waals surface area contributed by atoms with Crippen molar-refractivity contribution in [1.29, 1.82) is 0 Å². The number of hydrogen-bond donors (Lipinski definition) is 1. The zero-order chi connectivity index (χ0) is 12.4. The van der Waals surface area contributed by atoms with Gasteiger partial charge in [-0.2, -0.15) is 0 Å². The molecule has 88 valence electrons. The summed E-state index contributed by atoms with van der Waals surface area (Å²) in [5, 5.41) is 0. The highest BCUT2D eigenvalue weighted by molar-refractivity contribution is 7.71. The van der Waals surface area contributed by atoms with Gasteiger partial charge in [0, 0.05) is 5.56 Å². The molecule has 0 aliphatic carbocycles. The van der Waals surface area contributed by atoms with E-state index in [1.807, 2.05) is 13.8 Å². The van der Waals surface area contributed by atoms with Crippen LogP contribution in [0.5, 0.6) is 0 Å². The first-order valence-electron chi connectivity index (χ1n) is 5.78. The summed E-state index contributed by atoms with van der Waals surface area (Å²) in [5.74, 6) is 0.859. The number of aryl methyl sites for hydroxylation is 2. The standard InChI is InChI=1S/C14H16N2S/c1-4-11-6-5-7-12(8-11)13-9(2)14(17)16-10(3)15-13/h5-8H,4H2,1-3H3,(H,15,16,17). The third kappa shape index (κ3) is 2.44. The Bertz CT molecular complexity index is 599. The first-order valence-corrected chi connectivity index (χ1v) is 6.19. The highest BCUT2D eigenvalue weighted by Gasteiger charge is 2.05. The van der Waals surface area contributed by atoms with Gasteiger partial charge in [-0.05, 0) is 37.5 Å². The van der Waals surface area contributed by atoms with E-state index in [4.69, 9.17) is 12.2 Å². The average molecular weight is 244 g/mol. The maximum absolute atomic E-state index is 5.26. The minimum atomic E-state index is 0.679. The SMILES string of the molecule is CCc1cccc(-c2[nH]c(C)nc(=S)c2C)c1. The van der Waals surface area contributed by atoms with Crippen LogP contribution >= 0.6 is 12.2 Å². The highest BCUT2D eigenvalue weighted by atomic mass is 32.1. The minimum Gasteiger partial charge on any atom is -0.343 e. The van der Waals surface area contributed by atoms with E-state index in [0.717, 1.165) is 23.5 Å². The van der Waals surface area contributed by atoms with Crippen molar-refractivity contribution in [1.82, 2.24) is 9.97 Å². The van der Waals surface area contributed by atoms with E-state index in [9.17, 15) is 0 Å². The van der Waals surface area contributed by atoms with Crippen molar-refractivity contribution in [2.75, 3.05) is 0 Å². The van der Waals surface area contributed by atoms with Gasteiger partial charge >= 0.3 is 0 Å². The molecule has 0 amide bonds. The molecule has 0 radical (unpaired) electrons. The number of aromatic amines is 1. The van der Waals surface area contributed by atoms with Gasteiger partial charge in [0.25, 0.3) is 0 Å². The summed E-state index contributed by atoms with van der Waals surface area (Å²) in [7, 11) is 0. The minimum absolute atomic E-state index is 0.679. The van der Waals surface area contributed by atoms with Crippen molar-refractivity contribution in [2.24, 2.45) is 0 Å².